The van der Waals surface area contributed by atoms with Crippen molar-refractivity contribution < 1.29 is 4.42 Å². The summed E-state index contributed by atoms with van der Waals surface area (Å²) in [6.45, 7) is 0.360. The van der Waals surface area contributed by atoms with Gasteiger partial charge in [0.2, 0.25) is 0 Å². The maximum absolute atomic E-state index is 6.98. The Morgan fingerprint density at radius 2 is 0.878 bits per heavy atom. The molecule has 348 valence electrons. The third-order valence-electron chi connectivity index (χ3n) is 15.3. The van der Waals surface area contributed by atoms with E-state index in [1.165, 1.54) is 55.6 Å². The summed E-state index contributed by atoms with van der Waals surface area (Å²) in [5.41, 5.74) is 30.6. The van der Waals surface area contributed by atoms with Gasteiger partial charge in [0.25, 0.3) is 0 Å². The minimum absolute atomic E-state index is 0.360. The van der Waals surface area contributed by atoms with Crippen LogP contribution in [0, 0.1) is 0 Å². The van der Waals surface area contributed by atoms with Crippen LogP contribution in [-0.2, 0) is 12.0 Å². The molecule has 2 aliphatic carbocycles. The first-order valence-corrected chi connectivity index (χ1v) is 25.3. The highest BCUT2D eigenvalue weighted by Crippen LogP contribution is 2.63. The lowest BCUT2D eigenvalue weighted by molar-refractivity contribution is 0.668. The zero-order chi connectivity index (χ0) is 49.2. The number of nitrogens with zero attached hydrogens (tertiary/aromatic N) is 2. The van der Waals surface area contributed by atoms with Gasteiger partial charge in [-0.2, -0.15) is 0 Å². The van der Waals surface area contributed by atoms with E-state index in [1.54, 1.807) is 0 Å². The average molecular weight is 946 g/mol. The maximum Gasteiger partial charge on any atom is 0.157 e. The van der Waals surface area contributed by atoms with Crippen LogP contribution in [0.25, 0.3) is 88.7 Å². The molecule has 2 N–H and O–H groups in total. The Hall–Kier alpha value is -9.64. The van der Waals surface area contributed by atoms with E-state index < -0.39 is 0 Å². The summed E-state index contributed by atoms with van der Waals surface area (Å²) < 4.78 is 6.56. The van der Waals surface area contributed by atoms with Crippen molar-refractivity contribution in [1.29, 1.82) is 0 Å². The molecule has 0 amide bonds. The zero-order valence-corrected chi connectivity index (χ0v) is 40.4. The highest BCUT2D eigenvalue weighted by atomic mass is 16.3. The molecule has 14 rings (SSSR count). The van der Waals surface area contributed by atoms with Gasteiger partial charge in [0, 0.05) is 21.9 Å². The Bertz CT molecular complexity index is 4180. The molecule has 0 aliphatic heterocycles. The maximum atomic E-state index is 6.98. The highest BCUT2D eigenvalue weighted by Gasteiger charge is 2.51. The standard InChI is InChI=1S/C70H47N3O/c71-68(58-28-8-7-24-54(58)47-19-5-2-6-20-47)73-69(48-35-33-46(34-36-48)45-17-3-1-4-18-45)72-44-53-23-16-32-66-67(53)60-43-52(38-40-65(60)74-66)50-22-15-21-49(41-50)51-37-39-64-59(42-51)57-27-11-14-31-63(57)70(64)61-29-12-9-25-55(61)56-26-10-13-30-62(56)70/h1-43H,44H2,(H2,71,72,73). The number of hydrogen-bond donors (Lipinski definition) is 1. The summed E-state index contributed by atoms with van der Waals surface area (Å²) >= 11 is 0. The van der Waals surface area contributed by atoms with Crippen LogP contribution in [0.15, 0.2) is 275 Å². The van der Waals surface area contributed by atoms with Crippen LogP contribution in [-0.4, -0.2) is 11.7 Å². The number of nitrogens with two attached hydrogens (primary N) is 1. The summed E-state index contributed by atoms with van der Waals surface area (Å²) in [7, 11) is 0. The van der Waals surface area contributed by atoms with Crippen LogP contribution >= 0.6 is 0 Å². The predicted molar refractivity (Wildman–Crippen MR) is 306 cm³/mol. The second-order valence-electron chi connectivity index (χ2n) is 19.3. The quantitative estimate of drug-likeness (QED) is 0.122. The zero-order valence-electron chi connectivity index (χ0n) is 40.4. The fourth-order valence-electron chi connectivity index (χ4n) is 11.9. The first-order chi connectivity index (χ1) is 36.6. The second kappa shape index (κ2) is 17.6. The third-order valence-corrected chi connectivity index (χ3v) is 15.3. The van der Waals surface area contributed by atoms with Gasteiger partial charge in [0.05, 0.1) is 12.0 Å². The molecule has 12 aromatic rings. The predicted octanol–water partition coefficient (Wildman–Crippen LogP) is 16.9. The van der Waals surface area contributed by atoms with Crippen molar-refractivity contribution in [2.45, 2.75) is 12.0 Å². The fraction of sp³-hybridized carbons (Fsp3) is 0.0286. The summed E-state index contributed by atoms with van der Waals surface area (Å²) in [4.78, 5) is 10.4. The average Bonchev–Trinajstić information content (AvgIpc) is 4.24. The van der Waals surface area contributed by atoms with E-state index in [1.807, 2.05) is 54.6 Å². The highest BCUT2D eigenvalue weighted by molar-refractivity contribution is 6.14. The van der Waals surface area contributed by atoms with E-state index in [0.29, 0.717) is 18.2 Å². The summed E-state index contributed by atoms with van der Waals surface area (Å²) in [5.74, 6) is 0.948. The van der Waals surface area contributed by atoms with Crippen LogP contribution in [0.2, 0.25) is 0 Å². The smallest absolute Gasteiger partial charge is 0.157 e. The number of fused-ring (bicyclic) bond motifs is 13. The molecule has 11 aromatic carbocycles. The molecule has 0 radical (unpaired) electrons. The van der Waals surface area contributed by atoms with E-state index in [9.17, 15) is 0 Å². The molecule has 0 saturated carbocycles. The first-order valence-electron chi connectivity index (χ1n) is 25.3. The molecule has 0 bridgehead atoms. The molecule has 4 nitrogen and oxygen atoms in total. The Morgan fingerprint density at radius 3 is 1.57 bits per heavy atom. The lowest BCUT2D eigenvalue weighted by Gasteiger charge is -2.30. The molecular weight excluding hydrogens is 899 g/mol. The van der Waals surface area contributed by atoms with Gasteiger partial charge in [-0.05, 0) is 125 Å². The van der Waals surface area contributed by atoms with Crippen molar-refractivity contribution in [3.63, 3.8) is 0 Å². The number of aliphatic imine (C=N–C) groups is 2. The van der Waals surface area contributed by atoms with E-state index >= 15 is 0 Å². The van der Waals surface area contributed by atoms with Crippen LogP contribution in [0.4, 0.5) is 0 Å². The van der Waals surface area contributed by atoms with E-state index in [4.69, 9.17) is 20.1 Å². The van der Waals surface area contributed by atoms with Crippen LogP contribution < -0.4 is 5.73 Å². The van der Waals surface area contributed by atoms with Gasteiger partial charge in [-0.15, -0.1) is 0 Å². The third kappa shape index (κ3) is 6.98. The Morgan fingerprint density at radius 1 is 0.378 bits per heavy atom. The Balaban J connectivity index is 0.834. The Labute approximate surface area is 430 Å². The minimum atomic E-state index is -0.364. The van der Waals surface area contributed by atoms with Gasteiger partial charge < -0.3 is 10.2 Å². The fourth-order valence-corrected chi connectivity index (χ4v) is 11.9. The molecule has 1 heterocycles. The molecule has 0 fully saturated rings. The molecular formula is C70H47N3O. The molecule has 4 heteroatoms. The molecule has 1 spiro atoms. The van der Waals surface area contributed by atoms with Crippen LogP contribution in [0.1, 0.15) is 38.9 Å². The van der Waals surface area contributed by atoms with Gasteiger partial charge in [-0.3, -0.25) is 4.99 Å². The number of amidine groups is 2. The van der Waals surface area contributed by atoms with Gasteiger partial charge in [0.1, 0.15) is 17.0 Å². The molecule has 0 atom stereocenters. The number of benzene rings is 11. The number of furan rings is 1. The van der Waals surface area contributed by atoms with Crippen LogP contribution in [0.5, 0.6) is 0 Å². The normalized spacial score (nSPS) is 13.2. The summed E-state index contributed by atoms with van der Waals surface area (Å²) in [6.07, 6.45) is 0. The lowest BCUT2D eigenvalue weighted by atomic mass is 9.70. The summed E-state index contributed by atoms with van der Waals surface area (Å²) in [5, 5.41) is 2.08. The van der Waals surface area contributed by atoms with Crippen molar-refractivity contribution >= 4 is 33.6 Å². The molecule has 0 saturated heterocycles. The second-order valence-corrected chi connectivity index (χ2v) is 19.3. The number of hydrogen-bond acceptors (Lipinski definition) is 2. The van der Waals surface area contributed by atoms with E-state index in [2.05, 4.69) is 206 Å². The molecule has 74 heavy (non-hydrogen) atoms. The topological polar surface area (TPSA) is 63.9 Å². The summed E-state index contributed by atoms with van der Waals surface area (Å²) in [6, 6.07) is 93.0. The van der Waals surface area contributed by atoms with Crippen LogP contribution in [0.3, 0.4) is 0 Å². The van der Waals surface area contributed by atoms with E-state index in [-0.39, 0.29) is 5.41 Å². The lowest BCUT2D eigenvalue weighted by Crippen LogP contribution is -2.25. The molecule has 2 aliphatic rings. The molecule has 1 aromatic heterocycles. The van der Waals surface area contributed by atoms with Crippen molar-refractivity contribution in [2.75, 3.05) is 0 Å². The van der Waals surface area contributed by atoms with Gasteiger partial charge in [-0.1, -0.05) is 231 Å². The first kappa shape index (κ1) is 43.2. The van der Waals surface area contributed by atoms with Gasteiger partial charge in [0.15, 0.2) is 5.84 Å². The van der Waals surface area contributed by atoms with Gasteiger partial charge in [-0.25, -0.2) is 4.99 Å². The van der Waals surface area contributed by atoms with Gasteiger partial charge >= 0.3 is 0 Å². The van der Waals surface area contributed by atoms with Crippen molar-refractivity contribution in [3.05, 3.63) is 300 Å². The minimum Gasteiger partial charge on any atom is -0.456 e. The largest absolute Gasteiger partial charge is 0.456 e. The Kier molecular flexibility index (Phi) is 10.3. The SMILES string of the molecule is NC(=NC(=NCc1cccc2oc3ccc(-c4cccc(-c5ccc6c(c5)-c5ccccc5C65c6ccccc6-c6ccccc65)c4)cc3c12)c1ccc(-c2ccccc2)cc1)c1ccccc1-c1ccccc1. The number of rotatable bonds is 8. The van der Waals surface area contributed by atoms with Crippen molar-refractivity contribution in [1.82, 2.24) is 0 Å². The monoisotopic (exact) mass is 945 g/mol. The van der Waals surface area contributed by atoms with Crippen molar-refractivity contribution in [2.24, 2.45) is 15.7 Å². The van der Waals surface area contributed by atoms with Crippen molar-refractivity contribution in [3.8, 4) is 66.8 Å². The molecule has 0 unspecified atom stereocenters. The van der Waals surface area contributed by atoms with E-state index in [0.717, 1.165) is 72.0 Å².